The molecule has 138 valence electrons. The second-order valence-electron chi connectivity index (χ2n) is 5.63. The molecule has 6 nitrogen and oxygen atoms in total. The van der Waals surface area contributed by atoms with E-state index in [1.807, 2.05) is 24.3 Å². The molecular formula is C21H21N3O3. The van der Waals surface area contributed by atoms with E-state index in [2.05, 4.69) is 22.9 Å². The number of hydrogen-bond acceptors (Lipinski definition) is 6. The van der Waals surface area contributed by atoms with Crippen molar-refractivity contribution in [3.8, 4) is 11.8 Å². The molecule has 0 saturated heterocycles. The molecule has 2 aromatic carbocycles. The summed E-state index contributed by atoms with van der Waals surface area (Å²) in [5, 5.41) is 17.1. The summed E-state index contributed by atoms with van der Waals surface area (Å²) in [7, 11) is 0. The van der Waals surface area contributed by atoms with Gasteiger partial charge in [0.15, 0.2) is 0 Å². The van der Waals surface area contributed by atoms with E-state index in [9.17, 15) is 4.79 Å². The van der Waals surface area contributed by atoms with Gasteiger partial charge in [-0.15, -0.1) is 0 Å². The van der Waals surface area contributed by atoms with Crippen molar-refractivity contribution in [3.05, 3.63) is 66.7 Å². The van der Waals surface area contributed by atoms with E-state index in [1.54, 1.807) is 24.3 Å². The molecule has 0 spiro atoms. The van der Waals surface area contributed by atoms with Gasteiger partial charge in [-0.3, -0.25) is 0 Å². The van der Waals surface area contributed by atoms with Crippen LogP contribution >= 0.6 is 0 Å². The van der Waals surface area contributed by atoms with Crippen LogP contribution in [0.15, 0.2) is 71.4 Å². The molecule has 0 aliphatic rings. The first kappa shape index (κ1) is 19.9. The molecule has 2 rings (SSSR count). The minimum atomic E-state index is -0.386. The fraction of sp³-hybridized carbons (Fsp3) is 0.238. The highest BCUT2D eigenvalue weighted by Crippen LogP contribution is 2.21. The lowest BCUT2D eigenvalue weighted by Crippen LogP contribution is -2.03. The molecule has 6 heteroatoms. The van der Waals surface area contributed by atoms with Gasteiger partial charge in [0.2, 0.25) is 0 Å². The van der Waals surface area contributed by atoms with Crippen LogP contribution < -0.4 is 4.74 Å². The molecule has 0 N–H and O–H groups in total. The number of benzene rings is 2. The van der Waals surface area contributed by atoms with Crippen molar-refractivity contribution in [1.82, 2.24) is 0 Å². The van der Waals surface area contributed by atoms with Crippen LogP contribution in [0.3, 0.4) is 0 Å². The minimum Gasteiger partial charge on any atom is -0.494 e. The normalized spacial score (nSPS) is 10.3. The van der Waals surface area contributed by atoms with Gasteiger partial charge in [0.25, 0.3) is 0 Å². The minimum absolute atomic E-state index is 0.386. The molecule has 0 aliphatic carbocycles. The molecule has 0 aromatic heterocycles. The quantitative estimate of drug-likeness (QED) is 0.250. The van der Waals surface area contributed by atoms with E-state index in [1.165, 1.54) is 0 Å². The molecule has 0 radical (unpaired) electrons. The lowest BCUT2D eigenvalue weighted by atomic mass is 10.2. The van der Waals surface area contributed by atoms with E-state index in [0.29, 0.717) is 24.5 Å². The molecule has 0 atom stereocenters. The highest BCUT2D eigenvalue weighted by Gasteiger charge is 1.98. The van der Waals surface area contributed by atoms with Gasteiger partial charge in [-0.05, 0) is 67.8 Å². The second-order valence-corrected chi connectivity index (χ2v) is 5.63. The summed E-state index contributed by atoms with van der Waals surface area (Å²) in [5.41, 5.74) is 2.00. The molecule has 27 heavy (non-hydrogen) atoms. The lowest BCUT2D eigenvalue weighted by Gasteiger charge is -2.06. The van der Waals surface area contributed by atoms with E-state index in [-0.39, 0.29) is 5.97 Å². The zero-order valence-corrected chi connectivity index (χ0v) is 15.0. The smallest absolute Gasteiger partial charge is 0.330 e. The van der Waals surface area contributed by atoms with E-state index < -0.39 is 0 Å². The fourth-order valence-electron chi connectivity index (χ4n) is 2.13. The Labute approximate surface area is 158 Å². The van der Waals surface area contributed by atoms with Crippen LogP contribution in [0.4, 0.5) is 11.4 Å². The number of unbranched alkanes of at least 4 members (excludes halogenated alkanes) is 2. The number of carbonyl (C=O) groups excluding carboxylic acids is 1. The molecule has 0 amide bonds. The lowest BCUT2D eigenvalue weighted by molar-refractivity contribution is -0.137. The zero-order chi connectivity index (χ0) is 19.3. The Hall–Kier alpha value is -3.46. The van der Waals surface area contributed by atoms with Crippen LogP contribution in [0.25, 0.3) is 0 Å². The van der Waals surface area contributed by atoms with Gasteiger partial charge in [0.1, 0.15) is 5.75 Å². The summed E-state index contributed by atoms with van der Waals surface area (Å²) >= 11 is 0. The highest BCUT2D eigenvalue weighted by atomic mass is 16.5. The number of nitrogens with zero attached hydrogens (tertiary/aromatic N) is 3. The van der Waals surface area contributed by atoms with E-state index >= 15 is 0 Å². The Bertz CT molecular complexity index is 806. The summed E-state index contributed by atoms with van der Waals surface area (Å²) in [6.45, 7) is 4.35. The van der Waals surface area contributed by atoms with Crippen molar-refractivity contribution in [2.45, 2.75) is 19.3 Å². The van der Waals surface area contributed by atoms with Crippen molar-refractivity contribution in [3.63, 3.8) is 0 Å². The number of nitriles is 1. The van der Waals surface area contributed by atoms with Crippen molar-refractivity contribution in [2.24, 2.45) is 10.2 Å². The third-order valence-corrected chi connectivity index (χ3v) is 3.58. The van der Waals surface area contributed by atoms with Crippen LogP contribution in [0.2, 0.25) is 0 Å². The van der Waals surface area contributed by atoms with Gasteiger partial charge in [-0.1, -0.05) is 6.58 Å². The Balaban J connectivity index is 1.68. The van der Waals surface area contributed by atoms with Crippen molar-refractivity contribution in [2.75, 3.05) is 13.2 Å². The van der Waals surface area contributed by atoms with Crippen LogP contribution in [-0.2, 0) is 9.53 Å². The van der Waals surface area contributed by atoms with Crippen molar-refractivity contribution >= 4 is 17.3 Å². The topological polar surface area (TPSA) is 84.0 Å². The van der Waals surface area contributed by atoms with Gasteiger partial charge in [-0.2, -0.15) is 15.5 Å². The van der Waals surface area contributed by atoms with Gasteiger partial charge >= 0.3 is 5.97 Å². The molecule has 0 unspecified atom stereocenters. The summed E-state index contributed by atoms with van der Waals surface area (Å²) < 4.78 is 10.6. The standard InChI is InChI=1S/C21H21N3O3/c1-2-21(25)27-15-5-3-4-14-26-20-12-10-19(11-13-20)24-23-18-8-6-17(16-22)7-9-18/h2,6-13H,1,3-5,14-15H2. The van der Waals surface area contributed by atoms with Crippen molar-refractivity contribution in [1.29, 1.82) is 5.26 Å². The number of ether oxygens (including phenoxy) is 2. The number of azo groups is 1. The van der Waals surface area contributed by atoms with E-state index in [4.69, 9.17) is 14.7 Å². The maximum Gasteiger partial charge on any atom is 0.330 e. The van der Waals surface area contributed by atoms with E-state index in [0.717, 1.165) is 36.8 Å². The molecular weight excluding hydrogens is 342 g/mol. The molecule has 2 aromatic rings. The zero-order valence-electron chi connectivity index (χ0n) is 15.0. The Morgan fingerprint density at radius 3 is 2.15 bits per heavy atom. The first-order valence-electron chi connectivity index (χ1n) is 8.65. The summed E-state index contributed by atoms with van der Waals surface area (Å²) in [6.07, 6.45) is 3.77. The Kier molecular flexibility index (Phi) is 8.25. The average molecular weight is 363 g/mol. The Morgan fingerprint density at radius 2 is 1.56 bits per heavy atom. The number of carbonyl (C=O) groups is 1. The van der Waals surface area contributed by atoms with Crippen molar-refractivity contribution < 1.29 is 14.3 Å². The molecule has 0 heterocycles. The maximum absolute atomic E-state index is 10.9. The summed E-state index contributed by atoms with van der Waals surface area (Å²) in [6, 6.07) is 16.3. The van der Waals surface area contributed by atoms with Crippen LogP contribution in [0.5, 0.6) is 5.75 Å². The molecule has 0 saturated carbocycles. The maximum atomic E-state index is 10.9. The first-order chi connectivity index (χ1) is 13.2. The SMILES string of the molecule is C=CC(=O)OCCCCCOc1ccc(N=Nc2ccc(C#N)cc2)cc1. The number of hydrogen-bond donors (Lipinski definition) is 0. The van der Waals surface area contributed by atoms with Gasteiger partial charge < -0.3 is 9.47 Å². The molecule has 0 bridgehead atoms. The summed E-state index contributed by atoms with van der Waals surface area (Å²) in [4.78, 5) is 10.9. The molecule has 0 aliphatic heterocycles. The Morgan fingerprint density at radius 1 is 0.963 bits per heavy atom. The average Bonchev–Trinajstić information content (AvgIpc) is 2.72. The largest absolute Gasteiger partial charge is 0.494 e. The van der Waals surface area contributed by atoms with Gasteiger partial charge in [-0.25, -0.2) is 4.79 Å². The van der Waals surface area contributed by atoms with Gasteiger partial charge in [0.05, 0.1) is 36.2 Å². The highest BCUT2D eigenvalue weighted by molar-refractivity contribution is 5.81. The van der Waals surface area contributed by atoms with Crippen LogP contribution in [-0.4, -0.2) is 19.2 Å². The predicted molar refractivity (Wildman–Crippen MR) is 102 cm³/mol. The fourth-order valence-corrected chi connectivity index (χ4v) is 2.13. The third kappa shape index (κ3) is 7.53. The van der Waals surface area contributed by atoms with Crippen LogP contribution in [0, 0.1) is 11.3 Å². The number of rotatable bonds is 10. The van der Waals surface area contributed by atoms with Crippen LogP contribution in [0.1, 0.15) is 24.8 Å². The number of esters is 1. The first-order valence-corrected chi connectivity index (χ1v) is 8.65. The summed E-state index contributed by atoms with van der Waals surface area (Å²) in [5.74, 6) is 0.382. The second kappa shape index (κ2) is 11.2. The predicted octanol–water partition coefficient (Wildman–Crippen LogP) is 5.25. The third-order valence-electron chi connectivity index (χ3n) is 3.58. The van der Waals surface area contributed by atoms with Gasteiger partial charge in [0, 0.05) is 6.08 Å². The monoisotopic (exact) mass is 363 g/mol. The molecule has 0 fully saturated rings.